The molecule has 0 aliphatic carbocycles. The van der Waals surface area contributed by atoms with Gasteiger partial charge in [0.05, 0.1) is 12.7 Å². The molecule has 0 unspecified atom stereocenters. The summed E-state index contributed by atoms with van der Waals surface area (Å²) in [5.41, 5.74) is 23.4. The number of aliphatic hydroxyl groups is 2. The van der Waals surface area contributed by atoms with Gasteiger partial charge in [0.15, 0.2) is 5.96 Å². The highest BCUT2D eigenvalue weighted by atomic mass is 16.3. The summed E-state index contributed by atoms with van der Waals surface area (Å²) in [5.74, 6) is -4.27. The third-order valence-electron chi connectivity index (χ3n) is 6.73. The zero-order valence-corrected chi connectivity index (χ0v) is 24.6. The number of nitrogens with one attached hydrogen (secondary N) is 5. The van der Waals surface area contributed by atoms with Crippen LogP contribution in [0.2, 0.25) is 0 Å². The van der Waals surface area contributed by atoms with Crippen molar-refractivity contribution in [2.75, 3.05) is 13.2 Å². The lowest BCUT2D eigenvalue weighted by Gasteiger charge is -2.25. The molecular weight excluding hydrogens is 576 g/mol. The van der Waals surface area contributed by atoms with Crippen molar-refractivity contribution in [2.45, 2.75) is 69.4 Å². The van der Waals surface area contributed by atoms with Crippen LogP contribution in [0.25, 0.3) is 10.9 Å². The van der Waals surface area contributed by atoms with E-state index >= 15 is 0 Å². The molecule has 0 fully saturated rings. The van der Waals surface area contributed by atoms with Crippen LogP contribution in [0.3, 0.4) is 0 Å². The van der Waals surface area contributed by atoms with Crippen LogP contribution in [0.1, 0.15) is 32.3 Å². The first-order valence-electron chi connectivity index (χ1n) is 13.9. The highest BCUT2D eigenvalue weighted by Crippen LogP contribution is 2.19. The second-order valence-electron chi connectivity index (χ2n) is 10.3. The molecule has 1 aromatic carbocycles. The molecule has 2 rings (SSSR count). The van der Waals surface area contributed by atoms with Crippen molar-refractivity contribution in [3.8, 4) is 0 Å². The fraction of sp³-hybridized carbons (Fsp3) is 0.481. The van der Waals surface area contributed by atoms with E-state index in [1.165, 1.54) is 13.8 Å². The minimum Gasteiger partial charge on any atom is -0.394 e. The zero-order valence-electron chi connectivity index (χ0n) is 24.6. The summed E-state index contributed by atoms with van der Waals surface area (Å²) in [6, 6.07) is 1.03. The highest BCUT2D eigenvalue weighted by molar-refractivity contribution is 5.96. The number of para-hydroxylation sites is 1. The number of aromatic nitrogens is 1. The van der Waals surface area contributed by atoms with E-state index in [2.05, 4.69) is 31.2 Å². The minimum absolute atomic E-state index is 0.0182. The highest BCUT2D eigenvalue weighted by Gasteiger charge is 2.30. The molecular formula is C27H42N10O7. The van der Waals surface area contributed by atoms with Gasteiger partial charge in [0.2, 0.25) is 29.5 Å². The summed E-state index contributed by atoms with van der Waals surface area (Å²) in [6.45, 7) is 1.93. The number of guanidine groups is 1. The van der Waals surface area contributed by atoms with Gasteiger partial charge in [0.1, 0.15) is 30.2 Å². The van der Waals surface area contributed by atoms with Crippen molar-refractivity contribution in [1.29, 1.82) is 0 Å². The number of carbonyl (C=O) groups is 5. The number of carbonyl (C=O) groups excluding carboxylic acids is 5. The van der Waals surface area contributed by atoms with E-state index in [0.29, 0.717) is 0 Å². The monoisotopic (exact) mass is 618 g/mol. The number of fused-ring (bicyclic) bond motifs is 1. The molecule has 0 aliphatic heterocycles. The quantitative estimate of drug-likeness (QED) is 0.0462. The van der Waals surface area contributed by atoms with Gasteiger partial charge in [-0.15, -0.1) is 0 Å². The first-order valence-corrected chi connectivity index (χ1v) is 13.9. The maximum absolute atomic E-state index is 13.0. The van der Waals surface area contributed by atoms with E-state index in [1.54, 1.807) is 6.20 Å². The number of aromatic amines is 1. The lowest BCUT2D eigenvalue weighted by molar-refractivity contribution is -0.135. The smallest absolute Gasteiger partial charge is 0.245 e. The van der Waals surface area contributed by atoms with Crippen LogP contribution in [0, 0.1) is 0 Å². The number of hydrogen-bond acceptors (Lipinski definition) is 9. The standard InChI is InChI=1S/C27H42N10O7/c1-13(23(41)36-19(22(29)40)10-15-11-33-17-7-4-3-6-16(15)17)34-25(43)20(12-38)37-24(42)18(8-5-9-32-27(30)31)35-26(44)21(28)14(2)39/h3-4,6-7,11,13-14,18-21,33,38-39H,5,8-10,12,28H2,1-2H3,(H2,29,40)(H,34,43)(H,35,44)(H,36,41)(H,37,42)(H4,30,31,32)/t13-,14-,18-,19+,20+,21-/m1/s1. The van der Waals surface area contributed by atoms with Gasteiger partial charge in [-0.1, -0.05) is 18.2 Å². The number of benzene rings is 1. The lowest BCUT2D eigenvalue weighted by Crippen LogP contribution is -2.59. The summed E-state index contributed by atoms with van der Waals surface area (Å²) in [4.78, 5) is 70.2. The van der Waals surface area contributed by atoms with Crippen LogP contribution in [0.5, 0.6) is 0 Å². The predicted molar refractivity (Wildman–Crippen MR) is 161 cm³/mol. The van der Waals surface area contributed by atoms with Gasteiger partial charge in [-0.3, -0.25) is 29.0 Å². The molecule has 0 saturated carbocycles. The van der Waals surface area contributed by atoms with Crippen molar-refractivity contribution in [3.63, 3.8) is 0 Å². The Morgan fingerprint density at radius 1 is 0.886 bits per heavy atom. The molecule has 17 heteroatoms. The Labute approximate surface area is 253 Å². The molecule has 0 bridgehead atoms. The summed E-state index contributed by atoms with van der Waals surface area (Å²) in [7, 11) is 0. The van der Waals surface area contributed by atoms with Crippen LogP contribution >= 0.6 is 0 Å². The fourth-order valence-corrected chi connectivity index (χ4v) is 4.15. The van der Waals surface area contributed by atoms with Crippen molar-refractivity contribution < 1.29 is 34.2 Å². The summed E-state index contributed by atoms with van der Waals surface area (Å²) < 4.78 is 0. The molecule has 2 aromatic rings. The topological polar surface area (TPSA) is 306 Å². The number of amides is 5. The van der Waals surface area contributed by atoms with E-state index in [0.717, 1.165) is 16.5 Å². The molecule has 0 aliphatic rings. The molecule has 0 radical (unpaired) electrons. The third-order valence-corrected chi connectivity index (χ3v) is 6.73. The van der Waals surface area contributed by atoms with Gasteiger partial charge < -0.3 is 59.4 Å². The average Bonchev–Trinajstić information content (AvgIpc) is 3.38. The minimum atomic E-state index is -1.52. The Balaban J connectivity index is 2.04. The SMILES string of the molecule is C[C@@H](NC(=O)[C@H](CO)NC(=O)[C@@H](CCCN=C(N)N)NC(=O)[C@H](N)[C@@H](C)O)C(=O)N[C@@H](Cc1c[nH]c2ccccc12)C(N)=O. The Morgan fingerprint density at radius 2 is 1.50 bits per heavy atom. The second-order valence-corrected chi connectivity index (χ2v) is 10.3. The molecule has 0 saturated heterocycles. The molecule has 5 amide bonds. The van der Waals surface area contributed by atoms with Gasteiger partial charge in [-0.2, -0.15) is 0 Å². The number of aliphatic imine (C=N–C) groups is 1. The van der Waals surface area contributed by atoms with E-state index in [1.807, 2.05) is 24.3 Å². The fourth-order valence-electron chi connectivity index (χ4n) is 4.15. The number of nitrogens with two attached hydrogens (primary N) is 4. The van der Waals surface area contributed by atoms with Gasteiger partial charge in [0, 0.05) is 30.1 Å². The van der Waals surface area contributed by atoms with Crippen molar-refractivity contribution >= 4 is 46.4 Å². The molecule has 0 spiro atoms. The Hall–Kier alpha value is -4.74. The number of nitrogens with zero attached hydrogens (tertiary/aromatic N) is 1. The molecule has 6 atom stereocenters. The Bertz CT molecular complexity index is 1340. The maximum Gasteiger partial charge on any atom is 0.245 e. The van der Waals surface area contributed by atoms with Crippen LogP contribution in [0.15, 0.2) is 35.5 Å². The van der Waals surface area contributed by atoms with Crippen LogP contribution in [-0.4, -0.2) is 100 Å². The second kappa shape index (κ2) is 16.8. The normalized spacial score (nSPS) is 15.1. The lowest BCUT2D eigenvalue weighted by atomic mass is 10.0. The van der Waals surface area contributed by atoms with Gasteiger partial charge in [-0.05, 0) is 38.3 Å². The maximum atomic E-state index is 13.0. The first-order chi connectivity index (χ1) is 20.7. The number of rotatable bonds is 17. The van der Waals surface area contributed by atoms with E-state index < -0.39 is 72.5 Å². The predicted octanol–water partition coefficient (Wildman–Crippen LogP) is -4.09. The number of hydrogen-bond donors (Lipinski definition) is 11. The molecule has 1 heterocycles. The van der Waals surface area contributed by atoms with Gasteiger partial charge in [0.25, 0.3) is 0 Å². The van der Waals surface area contributed by atoms with Crippen LogP contribution in [-0.2, 0) is 30.4 Å². The summed E-state index contributed by atoms with van der Waals surface area (Å²) in [6.07, 6.45) is 0.856. The largest absolute Gasteiger partial charge is 0.394 e. The molecule has 242 valence electrons. The van der Waals surface area contributed by atoms with E-state index in [-0.39, 0.29) is 31.8 Å². The molecule has 15 N–H and O–H groups in total. The van der Waals surface area contributed by atoms with Crippen molar-refractivity contribution in [1.82, 2.24) is 26.3 Å². The summed E-state index contributed by atoms with van der Waals surface area (Å²) in [5, 5.41) is 29.9. The molecule has 1 aromatic heterocycles. The van der Waals surface area contributed by atoms with Crippen molar-refractivity contribution in [3.05, 3.63) is 36.0 Å². The van der Waals surface area contributed by atoms with Crippen LogP contribution in [0.4, 0.5) is 0 Å². The van der Waals surface area contributed by atoms with Gasteiger partial charge in [-0.25, -0.2) is 0 Å². The van der Waals surface area contributed by atoms with Crippen LogP contribution < -0.4 is 44.2 Å². The summed E-state index contributed by atoms with van der Waals surface area (Å²) >= 11 is 0. The third kappa shape index (κ3) is 10.5. The van der Waals surface area contributed by atoms with Crippen molar-refractivity contribution in [2.24, 2.45) is 27.9 Å². The number of primary amides is 1. The average molecular weight is 619 g/mol. The van der Waals surface area contributed by atoms with Gasteiger partial charge >= 0.3 is 0 Å². The molecule has 44 heavy (non-hydrogen) atoms. The first kappa shape index (κ1) is 35.5. The van der Waals surface area contributed by atoms with E-state index in [4.69, 9.17) is 22.9 Å². The molecule has 17 nitrogen and oxygen atoms in total. The Morgan fingerprint density at radius 3 is 2.11 bits per heavy atom. The zero-order chi connectivity index (χ0) is 33.0. The number of H-pyrrole nitrogens is 1. The number of aliphatic hydroxyl groups excluding tert-OH is 2. The Kier molecular flexibility index (Phi) is 13.5. The van der Waals surface area contributed by atoms with E-state index in [9.17, 15) is 34.2 Å².